The fourth-order valence-electron chi connectivity index (χ4n) is 4.60. The number of likely N-dealkylation sites (tertiary alicyclic amines) is 1. The molecule has 2 aliphatic heterocycles. The minimum Gasteiger partial charge on any atom is -0.497 e. The van der Waals surface area contributed by atoms with Crippen molar-refractivity contribution in [2.45, 2.75) is 51.3 Å². The van der Waals surface area contributed by atoms with Crippen LogP contribution in [0.15, 0.2) is 42.5 Å². The molecule has 2 aromatic carbocycles. The Morgan fingerprint density at radius 1 is 1.23 bits per heavy atom. The van der Waals surface area contributed by atoms with Crippen LogP contribution in [0.1, 0.15) is 50.3 Å². The molecular weight excluding hydrogens is 412 g/mol. The SMILES string of the molecule is COc1ccc2c(c1)[C@@H](NC(=O)C1CCN(Cc3ccccc3Cl)CC1)CC(C)(C)O2. The van der Waals surface area contributed by atoms with E-state index in [4.69, 9.17) is 21.1 Å². The number of methoxy groups -OCH3 is 1. The molecule has 6 heteroatoms. The average Bonchev–Trinajstić information content (AvgIpc) is 2.75. The number of benzene rings is 2. The molecule has 2 heterocycles. The first-order valence-corrected chi connectivity index (χ1v) is 11.4. The van der Waals surface area contributed by atoms with E-state index in [1.54, 1.807) is 7.11 Å². The summed E-state index contributed by atoms with van der Waals surface area (Å²) in [7, 11) is 1.65. The van der Waals surface area contributed by atoms with E-state index in [2.05, 4.69) is 30.1 Å². The molecule has 166 valence electrons. The Balaban J connectivity index is 1.38. The van der Waals surface area contributed by atoms with Crippen LogP contribution < -0.4 is 14.8 Å². The van der Waals surface area contributed by atoms with Gasteiger partial charge in [0.05, 0.1) is 13.2 Å². The van der Waals surface area contributed by atoms with Crippen molar-refractivity contribution in [3.8, 4) is 11.5 Å². The number of ether oxygens (including phenoxy) is 2. The maximum absolute atomic E-state index is 13.1. The molecule has 0 saturated carbocycles. The number of carbonyl (C=O) groups is 1. The summed E-state index contributed by atoms with van der Waals surface area (Å²) in [6.07, 6.45) is 2.44. The minimum absolute atomic E-state index is 0.0301. The Hall–Kier alpha value is -2.24. The molecule has 31 heavy (non-hydrogen) atoms. The van der Waals surface area contributed by atoms with Crippen molar-refractivity contribution in [2.75, 3.05) is 20.2 Å². The van der Waals surface area contributed by atoms with Crippen LogP contribution in [0.3, 0.4) is 0 Å². The van der Waals surface area contributed by atoms with Crippen molar-refractivity contribution < 1.29 is 14.3 Å². The van der Waals surface area contributed by atoms with Crippen molar-refractivity contribution in [1.82, 2.24) is 10.2 Å². The molecule has 2 aromatic rings. The Kier molecular flexibility index (Phi) is 6.44. The third-order valence-corrected chi connectivity index (χ3v) is 6.67. The average molecular weight is 443 g/mol. The minimum atomic E-state index is -0.335. The van der Waals surface area contributed by atoms with Gasteiger partial charge in [-0.2, -0.15) is 0 Å². The summed E-state index contributed by atoms with van der Waals surface area (Å²) >= 11 is 6.31. The number of nitrogens with one attached hydrogen (secondary N) is 1. The smallest absolute Gasteiger partial charge is 0.223 e. The van der Waals surface area contributed by atoms with Gasteiger partial charge in [-0.05, 0) is 69.6 Å². The predicted molar refractivity (Wildman–Crippen MR) is 123 cm³/mol. The predicted octanol–water partition coefficient (Wildman–Crippen LogP) is 4.98. The van der Waals surface area contributed by atoms with Crippen LogP contribution in [-0.4, -0.2) is 36.6 Å². The van der Waals surface area contributed by atoms with Gasteiger partial charge in [0.1, 0.15) is 17.1 Å². The zero-order chi connectivity index (χ0) is 22.0. The number of rotatable bonds is 5. The van der Waals surface area contributed by atoms with E-state index in [0.29, 0.717) is 0 Å². The number of hydrogen-bond acceptors (Lipinski definition) is 4. The standard InChI is InChI=1S/C25H31ClN2O3/c1-25(2)15-22(20-14-19(30-3)8-9-23(20)31-25)27-24(29)17-10-12-28(13-11-17)16-18-6-4-5-7-21(18)26/h4-9,14,17,22H,10-13,15-16H2,1-3H3,(H,27,29)/t22-/m0/s1. The second-order valence-corrected chi connectivity index (χ2v) is 9.58. The normalized spacial score (nSPS) is 21.1. The highest BCUT2D eigenvalue weighted by atomic mass is 35.5. The lowest BCUT2D eigenvalue weighted by Gasteiger charge is -2.39. The Morgan fingerprint density at radius 2 is 1.97 bits per heavy atom. The summed E-state index contributed by atoms with van der Waals surface area (Å²) < 4.78 is 11.5. The Morgan fingerprint density at radius 3 is 2.68 bits per heavy atom. The van der Waals surface area contributed by atoms with Crippen LogP contribution in [0.5, 0.6) is 11.5 Å². The first-order valence-electron chi connectivity index (χ1n) is 11.0. The van der Waals surface area contributed by atoms with Crippen LogP contribution in [0.25, 0.3) is 0 Å². The van der Waals surface area contributed by atoms with E-state index in [0.717, 1.165) is 66.5 Å². The second kappa shape index (κ2) is 9.09. The molecule has 1 fully saturated rings. The molecule has 1 amide bonds. The van der Waals surface area contributed by atoms with Crippen molar-refractivity contribution in [3.63, 3.8) is 0 Å². The van der Waals surface area contributed by atoms with Crippen LogP contribution in [0, 0.1) is 5.92 Å². The first-order chi connectivity index (χ1) is 14.8. The number of hydrogen-bond donors (Lipinski definition) is 1. The van der Waals surface area contributed by atoms with Crippen LogP contribution in [0.2, 0.25) is 5.02 Å². The van der Waals surface area contributed by atoms with Gasteiger partial charge in [-0.15, -0.1) is 0 Å². The lowest BCUT2D eigenvalue weighted by Crippen LogP contribution is -2.45. The molecule has 1 saturated heterocycles. The number of piperidine rings is 1. The zero-order valence-electron chi connectivity index (χ0n) is 18.5. The maximum atomic E-state index is 13.1. The lowest BCUT2D eigenvalue weighted by molar-refractivity contribution is -0.127. The van der Waals surface area contributed by atoms with Gasteiger partial charge in [-0.25, -0.2) is 0 Å². The summed E-state index contributed by atoms with van der Waals surface area (Å²) in [6.45, 7) is 6.74. The summed E-state index contributed by atoms with van der Waals surface area (Å²) in [6, 6.07) is 13.7. The van der Waals surface area contributed by atoms with Gasteiger partial charge in [-0.1, -0.05) is 29.8 Å². The summed E-state index contributed by atoms with van der Waals surface area (Å²) in [5.74, 6) is 1.75. The Bertz CT molecular complexity index is 938. The highest BCUT2D eigenvalue weighted by Crippen LogP contribution is 2.41. The fraction of sp³-hybridized carbons (Fsp3) is 0.480. The van der Waals surface area contributed by atoms with Crippen molar-refractivity contribution in [2.24, 2.45) is 5.92 Å². The number of amides is 1. The van der Waals surface area contributed by atoms with Gasteiger partial charge in [0, 0.05) is 29.5 Å². The number of carbonyl (C=O) groups excluding carboxylic acids is 1. The highest BCUT2D eigenvalue weighted by Gasteiger charge is 2.36. The van der Waals surface area contributed by atoms with Gasteiger partial charge in [-0.3, -0.25) is 9.69 Å². The zero-order valence-corrected chi connectivity index (χ0v) is 19.2. The van der Waals surface area contributed by atoms with Crippen molar-refractivity contribution >= 4 is 17.5 Å². The molecule has 5 nitrogen and oxygen atoms in total. The lowest BCUT2D eigenvalue weighted by atomic mass is 9.88. The molecule has 0 radical (unpaired) electrons. The van der Waals surface area contributed by atoms with E-state index in [-0.39, 0.29) is 23.5 Å². The molecule has 1 atom stereocenters. The maximum Gasteiger partial charge on any atom is 0.223 e. The summed E-state index contributed by atoms with van der Waals surface area (Å²) in [5, 5.41) is 4.12. The van der Waals surface area contributed by atoms with Crippen LogP contribution in [0.4, 0.5) is 0 Å². The van der Waals surface area contributed by atoms with Gasteiger partial charge < -0.3 is 14.8 Å². The fourth-order valence-corrected chi connectivity index (χ4v) is 4.79. The van der Waals surface area contributed by atoms with E-state index < -0.39 is 0 Å². The molecule has 0 unspecified atom stereocenters. The van der Waals surface area contributed by atoms with Crippen molar-refractivity contribution in [1.29, 1.82) is 0 Å². The number of halogens is 1. The topological polar surface area (TPSA) is 50.8 Å². The molecule has 4 rings (SSSR count). The van der Waals surface area contributed by atoms with Crippen LogP contribution in [-0.2, 0) is 11.3 Å². The molecule has 0 bridgehead atoms. The quantitative estimate of drug-likeness (QED) is 0.709. The monoisotopic (exact) mass is 442 g/mol. The molecular formula is C25H31ClN2O3. The molecule has 1 N–H and O–H groups in total. The third-order valence-electron chi connectivity index (χ3n) is 6.30. The molecule has 0 aliphatic carbocycles. The van der Waals surface area contributed by atoms with Gasteiger partial charge in [0.15, 0.2) is 0 Å². The van der Waals surface area contributed by atoms with Gasteiger partial charge in [0.2, 0.25) is 5.91 Å². The second-order valence-electron chi connectivity index (χ2n) is 9.17. The Labute approximate surface area is 189 Å². The molecule has 0 spiro atoms. The van der Waals surface area contributed by atoms with Gasteiger partial charge >= 0.3 is 0 Å². The third kappa shape index (κ3) is 5.16. The summed E-state index contributed by atoms with van der Waals surface area (Å²) in [5.41, 5.74) is 1.79. The largest absolute Gasteiger partial charge is 0.497 e. The van der Waals surface area contributed by atoms with E-state index in [1.165, 1.54) is 0 Å². The molecule has 0 aromatic heterocycles. The van der Waals surface area contributed by atoms with Crippen molar-refractivity contribution in [3.05, 3.63) is 58.6 Å². The van der Waals surface area contributed by atoms with Crippen LogP contribution >= 0.6 is 11.6 Å². The number of nitrogens with zero attached hydrogens (tertiary/aromatic N) is 1. The first kappa shape index (κ1) is 22.0. The van der Waals surface area contributed by atoms with E-state index in [9.17, 15) is 4.79 Å². The van der Waals surface area contributed by atoms with E-state index >= 15 is 0 Å². The van der Waals surface area contributed by atoms with Gasteiger partial charge in [0.25, 0.3) is 0 Å². The number of fused-ring (bicyclic) bond motifs is 1. The summed E-state index contributed by atoms with van der Waals surface area (Å²) in [4.78, 5) is 15.5. The van der Waals surface area contributed by atoms with E-state index in [1.807, 2.05) is 36.4 Å². The molecule has 2 aliphatic rings. The highest BCUT2D eigenvalue weighted by molar-refractivity contribution is 6.31.